The fourth-order valence-corrected chi connectivity index (χ4v) is 2.52. The van der Waals surface area contributed by atoms with Crippen LogP contribution in [-0.2, 0) is 11.3 Å². The van der Waals surface area contributed by atoms with E-state index >= 15 is 0 Å². The molecule has 0 saturated carbocycles. The van der Waals surface area contributed by atoms with E-state index in [4.69, 9.17) is 4.74 Å². The third-order valence-corrected chi connectivity index (χ3v) is 3.90. The zero-order valence-electron chi connectivity index (χ0n) is 13.5. The van der Waals surface area contributed by atoms with Gasteiger partial charge in [-0.1, -0.05) is 6.07 Å². The van der Waals surface area contributed by atoms with E-state index in [1.807, 2.05) is 12.1 Å². The molecule has 6 nitrogen and oxygen atoms in total. The summed E-state index contributed by atoms with van der Waals surface area (Å²) >= 11 is 0. The minimum absolute atomic E-state index is 0.347. The number of esters is 1. The number of H-pyrrole nitrogens is 2. The van der Waals surface area contributed by atoms with Crippen molar-refractivity contribution in [3.05, 3.63) is 47.0 Å². The molecule has 6 heteroatoms. The van der Waals surface area contributed by atoms with E-state index in [1.54, 1.807) is 13.1 Å². The van der Waals surface area contributed by atoms with Crippen molar-refractivity contribution in [2.45, 2.75) is 27.3 Å². The summed E-state index contributed by atoms with van der Waals surface area (Å²) in [6.07, 6.45) is 1.71. The Bertz CT molecular complexity index is 848. The van der Waals surface area contributed by atoms with Crippen molar-refractivity contribution >= 4 is 22.7 Å². The highest BCUT2D eigenvalue weighted by Crippen LogP contribution is 2.20. The molecule has 0 radical (unpaired) electrons. The Morgan fingerprint density at radius 2 is 2.13 bits per heavy atom. The number of anilines is 1. The molecule has 0 unspecified atom stereocenters. The molecule has 0 saturated heterocycles. The number of aryl methyl sites for hydroxylation is 2. The molecule has 0 bridgehead atoms. The topological polar surface area (TPSA) is 82.8 Å². The monoisotopic (exact) mass is 312 g/mol. The molecule has 1 aromatic carbocycles. The molecule has 2 aromatic heterocycles. The highest BCUT2D eigenvalue weighted by molar-refractivity contribution is 5.93. The minimum Gasteiger partial charge on any atom is -0.461 e. The van der Waals surface area contributed by atoms with Crippen LogP contribution < -0.4 is 5.32 Å². The second-order valence-corrected chi connectivity index (χ2v) is 5.43. The number of carbonyl (C=O) groups is 1. The number of hydrogen-bond acceptors (Lipinski definition) is 4. The number of aromatic nitrogens is 3. The first-order valence-electron chi connectivity index (χ1n) is 7.63. The van der Waals surface area contributed by atoms with Crippen LogP contribution in [0.15, 0.2) is 24.4 Å². The van der Waals surface area contributed by atoms with Crippen molar-refractivity contribution in [3.63, 3.8) is 0 Å². The van der Waals surface area contributed by atoms with Crippen LogP contribution in [0.5, 0.6) is 0 Å². The lowest BCUT2D eigenvalue weighted by Gasteiger charge is -2.05. The summed E-state index contributed by atoms with van der Waals surface area (Å²) in [5, 5.41) is 3.22. The number of benzene rings is 1. The Labute approximate surface area is 134 Å². The molecular weight excluding hydrogens is 292 g/mol. The molecule has 0 atom stereocenters. The number of ether oxygens (including phenoxy) is 1. The Morgan fingerprint density at radius 1 is 1.30 bits per heavy atom. The van der Waals surface area contributed by atoms with Gasteiger partial charge in [-0.25, -0.2) is 9.78 Å². The second kappa shape index (κ2) is 6.16. The fraction of sp³-hybridized carbons (Fsp3) is 0.294. The van der Waals surface area contributed by atoms with Crippen LogP contribution in [0.25, 0.3) is 11.0 Å². The average molecular weight is 312 g/mol. The number of carbonyl (C=O) groups excluding carboxylic acids is 1. The van der Waals surface area contributed by atoms with Crippen LogP contribution in [0.2, 0.25) is 0 Å². The molecule has 0 spiro atoms. The standard InChI is InChI=1S/C17H20N4O2/c1-4-23-17(22)16-12(7-8-18-16)19-9-14-20-13-6-5-10(2)11(3)15(13)21-14/h5-8,18-19H,4,9H2,1-3H3,(H,20,21). The zero-order chi connectivity index (χ0) is 16.4. The Kier molecular flexibility index (Phi) is 4.06. The molecule has 23 heavy (non-hydrogen) atoms. The van der Waals surface area contributed by atoms with Crippen molar-refractivity contribution < 1.29 is 9.53 Å². The molecule has 3 aromatic rings. The number of imidazole rings is 1. The van der Waals surface area contributed by atoms with Gasteiger partial charge in [0.05, 0.1) is 29.9 Å². The Hall–Kier alpha value is -2.76. The molecule has 2 heterocycles. The van der Waals surface area contributed by atoms with Gasteiger partial charge in [-0.05, 0) is 44.0 Å². The SMILES string of the molecule is CCOC(=O)c1[nH]ccc1NCc1nc2c(C)c(C)ccc2[nH]1. The van der Waals surface area contributed by atoms with E-state index in [9.17, 15) is 4.79 Å². The highest BCUT2D eigenvalue weighted by Gasteiger charge is 2.14. The van der Waals surface area contributed by atoms with E-state index in [0.29, 0.717) is 24.5 Å². The van der Waals surface area contributed by atoms with Gasteiger partial charge in [-0.3, -0.25) is 0 Å². The van der Waals surface area contributed by atoms with Crippen LogP contribution in [0.4, 0.5) is 5.69 Å². The summed E-state index contributed by atoms with van der Waals surface area (Å²) in [6, 6.07) is 5.93. The lowest BCUT2D eigenvalue weighted by molar-refractivity contribution is 0.0521. The lowest BCUT2D eigenvalue weighted by Crippen LogP contribution is -2.09. The van der Waals surface area contributed by atoms with Gasteiger partial charge in [0, 0.05) is 6.20 Å². The normalized spacial score (nSPS) is 10.9. The van der Waals surface area contributed by atoms with Crippen LogP contribution in [0.3, 0.4) is 0 Å². The van der Waals surface area contributed by atoms with Crippen molar-refractivity contribution in [2.24, 2.45) is 0 Å². The van der Waals surface area contributed by atoms with Gasteiger partial charge in [0.15, 0.2) is 0 Å². The van der Waals surface area contributed by atoms with E-state index < -0.39 is 0 Å². The number of fused-ring (bicyclic) bond motifs is 1. The van der Waals surface area contributed by atoms with E-state index in [-0.39, 0.29) is 5.97 Å². The van der Waals surface area contributed by atoms with Gasteiger partial charge in [0.2, 0.25) is 0 Å². The fourth-order valence-electron chi connectivity index (χ4n) is 2.52. The minimum atomic E-state index is -0.365. The molecule has 0 aliphatic carbocycles. The van der Waals surface area contributed by atoms with Crippen molar-refractivity contribution in [1.29, 1.82) is 0 Å². The number of rotatable bonds is 5. The maximum absolute atomic E-state index is 11.8. The summed E-state index contributed by atoms with van der Waals surface area (Å²) in [4.78, 5) is 22.7. The van der Waals surface area contributed by atoms with Crippen molar-refractivity contribution in [3.8, 4) is 0 Å². The largest absolute Gasteiger partial charge is 0.461 e. The van der Waals surface area contributed by atoms with Crippen molar-refractivity contribution in [2.75, 3.05) is 11.9 Å². The van der Waals surface area contributed by atoms with Crippen molar-refractivity contribution in [1.82, 2.24) is 15.0 Å². The Morgan fingerprint density at radius 3 is 2.91 bits per heavy atom. The second-order valence-electron chi connectivity index (χ2n) is 5.43. The number of aromatic amines is 2. The van der Waals surface area contributed by atoms with Gasteiger partial charge in [-0.15, -0.1) is 0 Å². The smallest absolute Gasteiger partial charge is 0.356 e. The third kappa shape index (κ3) is 2.92. The molecule has 3 rings (SSSR count). The van der Waals surface area contributed by atoms with Crippen LogP contribution in [0, 0.1) is 13.8 Å². The average Bonchev–Trinajstić information content (AvgIpc) is 3.16. The van der Waals surface area contributed by atoms with Gasteiger partial charge in [0.1, 0.15) is 11.5 Å². The first-order chi connectivity index (χ1) is 11.1. The van der Waals surface area contributed by atoms with Gasteiger partial charge >= 0.3 is 5.97 Å². The zero-order valence-corrected chi connectivity index (χ0v) is 13.5. The number of hydrogen-bond donors (Lipinski definition) is 3. The predicted molar refractivity (Wildman–Crippen MR) is 89.6 cm³/mol. The summed E-state index contributed by atoms with van der Waals surface area (Å²) < 4.78 is 5.02. The van der Waals surface area contributed by atoms with Crippen LogP contribution >= 0.6 is 0 Å². The maximum atomic E-state index is 11.8. The summed E-state index contributed by atoms with van der Waals surface area (Å²) in [5.41, 5.74) is 5.54. The van der Waals surface area contributed by atoms with Crippen LogP contribution in [-0.4, -0.2) is 27.5 Å². The highest BCUT2D eigenvalue weighted by atomic mass is 16.5. The summed E-state index contributed by atoms with van der Waals surface area (Å²) in [7, 11) is 0. The maximum Gasteiger partial charge on any atom is 0.356 e. The first-order valence-corrected chi connectivity index (χ1v) is 7.63. The number of nitrogens with one attached hydrogen (secondary N) is 3. The molecule has 120 valence electrons. The van der Waals surface area contributed by atoms with E-state index in [0.717, 1.165) is 16.9 Å². The van der Waals surface area contributed by atoms with Crippen LogP contribution in [0.1, 0.15) is 34.4 Å². The summed E-state index contributed by atoms with van der Waals surface area (Å²) in [5.74, 6) is 0.459. The van der Waals surface area contributed by atoms with E-state index in [2.05, 4.69) is 40.2 Å². The third-order valence-electron chi connectivity index (χ3n) is 3.90. The van der Waals surface area contributed by atoms with Gasteiger partial charge in [-0.2, -0.15) is 0 Å². The molecule has 3 N–H and O–H groups in total. The summed E-state index contributed by atoms with van der Waals surface area (Å²) in [6.45, 7) is 6.77. The van der Waals surface area contributed by atoms with Gasteiger partial charge < -0.3 is 20.0 Å². The Balaban J connectivity index is 1.78. The molecular formula is C17H20N4O2. The number of nitrogens with zero attached hydrogens (tertiary/aromatic N) is 1. The quantitative estimate of drug-likeness (QED) is 0.631. The van der Waals surface area contributed by atoms with Gasteiger partial charge in [0.25, 0.3) is 0 Å². The molecule has 0 fully saturated rings. The molecule has 0 aliphatic heterocycles. The molecule has 0 amide bonds. The van der Waals surface area contributed by atoms with E-state index in [1.165, 1.54) is 11.1 Å². The lowest BCUT2D eigenvalue weighted by atomic mass is 10.1. The predicted octanol–water partition coefficient (Wildman–Crippen LogP) is 3.30. The molecule has 0 aliphatic rings. The first kappa shape index (κ1) is 15.1.